The van der Waals surface area contributed by atoms with Crippen molar-refractivity contribution in [3.8, 4) is 11.5 Å². The van der Waals surface area contributed by atoms with E-state index in [0.717, 1.165) is 5.76 Å². The number of thioether (sulfide) groups is 1. The summed E-state index contributed by atoms with van der Waals surface area (Å²) in [6.45, 7) is 0. The average molecular weight is 421 g/mol. The maximum absolute atomic E-state index is 13.4. The molecule has 7 heteroatoms. The van der Waals surface area contributed by atoms with E-state index >= 15 is 0 Å². The van der Waals surface area contributed by atoms with Crippen LogP contribution >= 0.6 is 11.8 Å². The van der Waals surface area contributed by atoms with Crippen molar-refractivity contribution in [2.75, 3.05) is 19.1 Å². The number of anilines is 1. The van der Waals surface area contributed by atoms with E-state index in [1.165, 1.54) is 16.7 Å². The molecule has 1 aromatic heterocycles. The predicted octanol–water partition coefficient (Wildman–Crippen LogP) is 4.51. The zero-order chi connectivity index (χ0) is 21.1. The van der Waals surface area contributed by atoms with Crippen LogP contribution < -0.4 is 14.4 Å². The lowest BCUT2D eigenvalue weighted by Gasteiger charge is -2.16. The van der Waals surface area contributed by atoms with Crippen molar-refractivity contribution in [2.24, 2.45) is 0 Å². The van der Waals surface area contributed by atoms with Crippen molar-refractivity contribution in [2.45, 2.75) is 5.75 Å². The number of hydrogen-bond acceptors (Lipinski definition) is 6. The fourth-order valence-electron chi connectivity index (χ4n) is 3.18. The van der Waals surface area contributed by atoms with E-state index in [9.17, 15) is 9.59 Å². The van der Waals surface area contributed by atoms with Gasteiger partial charge < -0.3 is 13.9 Å². The van der Waals surface area contributed by atoms with Crippen molar-refractivity contribution in [1.82, 2.24) is 0 Å². The second kappa shape index (κ2) is 8.51. The molecule has 4 rings (SSSR count). The summed E-state index contributed by atoms with van der Waals surface area (Å²) in [6, 6.07) is 17.6. The zero-order valence-electron chi connectivity index (χ0n) is 16.5. The second-order valence-electron chi connectivity index (χ2n) is 6.45. The van der Waals surface area contributed by atoms with E-state index in [4.69, 9.17) is 13.9 Å². The molecule has 30 heavy (non-hydrogen) atoms. The smallest absolute Gasteiger partial charge is 0.272 e. The summed E-state index contributed by atoms with van der Waals surface area (Å²) in [5.41, 5.74) is 1.48. The Bertz CT molecular complexity index is 1100. The number of nitrogens with zero attached hydrogens (tertiary/aromatic N) is 1. The van der Waals surface area contributed by atoms with Crippen LogP contribution in [0, 0.1) is 0 Å². The Morgan fingerprint density at radius 3 is 2.33 bits per heavy atom. The summed E-state index contributed by atoms with van der Waals surface area (Å²) in [5, 5.41) is 0. The van der Waals surface area contributed by atoms with Gasteiger partial charge in [0.25, 0.3) is 11.8 Å². The minimum Gasteiger partial charge on any atom is -0.497 e. The van der Waals surface area contributed by atoms with Crippen LogP contribution in [0.2, 0.25) is 0 Å². The summed E-state index contributed by atoms with van der Waals surface area (Å²) in [5.74, 6) is 1.66. The highest BCUT2D eigenvalue weighted by atomic mass is 32.2. The molecule has 0 fully saturated rings. The largest absolute Gasteiger partial charge is 0.497 e. The molecule has 152 valence electrons. The van der Waals surface area contributed by atoms with E-state index in [1.54, 1.807) is 75.1 Å². The molecule has 1 aliphatic rings. The Hall–Kier alpha value is -3.45. The molecule has 0 aliphatic carbocycles. The number of carbonyl (C=O) groups excluding carboxylic acids is 2. The third kappa shape index (κ3) is 3.71. The van der Waals surface area contributed by atoms with Gasteiger partial charge in [-0.25, -0.2) is 4.90 Å². The minimum absolute atomic E-state index is 0.363. The Labute approximate surface area is 178 Å². The molecule has 0 saturated carbocycles. The van der Waals surface area contributed by atoms with Crippen molar-refractivity contribution in [3.05, 3.63) is 83.2 Å². The van der Waals surface area contributed by atoms with Crippen LogP contribution in [0.4, 0.5) is 5.69 Å². The lowest BCUT2D eigenvalue weighted by Crippen LogP contribution is -2.31. The molecule has 0 N–H and O–H groups in total. The highest BCUT2D eigenvalue weighted by molar-refractivity contribution is 8.03. The number of methoxy groups -OCH3 is 2. The van der Waals surface area contributed by atoms with Crippen molar-refractivity contribution < 1.29 is 23.5 Å². The number of hydrogen-bond donors (Lipinski definition) is 0. The summed E-state index contributed by atoms with van der Waals surface area (Å²) in [6.07, 6.45) is 1.58. The zero-order valence-corrected chi connectivity index (χ0v) is 17.3. The van der Waals surface area contributed by atoms with Crippen LogP contribution in [0.3, 0.4) is 0 Å². The summed E-state index contributed by atoms with van der Waals surface area (Å²) < 4.78 is 15.8. The predicted molar refractivity (Wildman–Crippen MR) is 115 cm³/mol. The van der Waals surface area contributed by atoms with Gasteiger partial charge in [-0.15, -0.1) is 11.8 Å². The van der Waals surface area contributed by atoms with Gasteiger partial charge in [0, 0.05) is 6.07 Å². The van der Waals surface area contributed by atoms with E-state index in [0.29, 0.717) is 39.0 Å². The van der Waals surface area contributed by atoms with E-state index < -0.39 is 0 Å². The molecule has 0 spiro atoms. The summed E-state index contributed by atoms with van der Waals surface area (Å²) >= 11 is 1.29. The fraction of sp³-hybridized carbons (Fsp3) is 0.130. The van der Waals surface area contributed by atoms with E-state index in [-0.39, 0.29) is 11.8 Å². The lowest BCUT2D eigenvalue weighted by atomic mass is 10.1. The number of furan rings is 1. The van der Waals surface area contributed by atoms with Gasteiger partial charge in [-0.3, -0.25) is 9.59 Å². The molecule has 6 nitrogen and oxygen atoms in total. The van der Waals surface area contributed by atoms with Crippen LogP contribution in [0.15, 0.2) is 76.2 Å². The average Bonchev–Trinajstić information content (AvgIpc) is 3.38. The third-order valence-corrected chi connectivity index (χ3v) is 5.77. The summed E-state index contributed by atoms with van der Waals surface area (Å²) in [4.78, 5) is 28.3. The van der Waals surface area contributed by atoms with Gasteiger partial charge in [0.2, 0.25) is 0 Å². The molecule has 2 heterocycles. The van der Waals surface area contributed by atoms with E-state index in [1.807, 2.05) is 6.07 Å². The van der Waals surface area contributed by atoms with Crippen LogP contribution in [0.25, 0.3) is 5.57 Å². The number of imide groups is 1. The van der Waals surface area contributed by atoms with Crippen LogP contribution in [-0.4, -0.2) is 26.0 Å². The molecule has 2 amide bonds. The van der Waals surface area contributed by atoms with E-state index in [2.05, 4.69) is 0 Å². The molecule has 1 aliphatic heterocycles. The number of benzene rings is 2. The number of carbonyl (C=O) groups is 2. The van der Waals surface area contributed by atoms with Crippen molar-refractivity contribution >= 4 is 34.8 Å². The molecule has 3 aromatic rings. The second-order valence-corrected chi connectivity index (χ2v) is 7.43. The van der Waals surface area contributed by atoms with Gasteiger partial charge in [-0.1, -0.05) is 18.2 Å². The highest BCUT2D eigenvalue weighted by Crippen LogP contribution is 2.40. The molecule has 0 radical (unpaired) electrons. The maximum Gasteiger partial charge on any atom is 0.272 e. The van der Waals surface area contributed by atoms with Gasteiger partial charge in [0.1, 0.15) is 17.3 Å². The van der Waals surface area contributed by atoms with Gasteiger partial charge in [0.15, 0.2) is 0 Å². The molecular formula is C23H19NO5S. The first-order chi connectivity index (χ1) is 14.6. The topological polar surface area (TPSA) is 69.0 Å². The SMILES string of the molecule is COc1ccc(C2=C(SCc3ccco3)C(=O)N(c3cccc(OC)c3)C2=O)cc1. The first kappa shape index (κ1) is 19.8. The van der Waals surface area contributed by atoms with Gasteiger partial charge >= 0.3 is 0 Å². The Morgan fingerprint density at radius 2 is 1.67 bits per heavy atom. The number of ether oxygens (including phenoxy) is 2. The number of amides is 2. The molecular weight excluding hydrogens is 402 g/mol. The Morgan fingerprint density at radius 1 is 0.900 bits per heavy atom. The van der Waals surface area contributed by atoms with Crippen LogP contribution in [-0.2, 0) is 15.3 Å². The van der Waals surface area contributed by atoms with Gasteiger partial charge in [0.05, 0.1) is 42.4 Å². The monoisotopic (exact) mass is 421 g/mol. The normalized spacial score (nSPS) is 13.9. The Balaban J connectivity index is 1.74. The van der Waals surface area contributed by atoms with Crippen molar-refractivity contribution in [1.29, 1.82) is 0 Å². The van der Waals surface area contributed by atoms with Crippen LogP contribution in [0.5, 0.6) is 11.5 Å². The molecule has 0 saturated heterocycles. The highest BCUT2D eigenvalue weighted by Gasteiger charge is 2.40. The summed E-state index contributed by atoms with van der Waals surface area (Å²) in [7, 11) is 3.12. The molecule has 0 unspecified atom stereocenters. The van der Waals surface area contributed by atoms with Gasteiger partial charge in [-0.05, 0) is 42.0 Å². The fourth-order valence-corrected chi connectivity index (χ4v) is 4.19. The van der Waals surface area contributed by atoms with Gasteiger partial charge in [-0.2, -0.15) is 0 Å². The van der Waals surface area contributed by atoms with Crippen LogP contribution in [0.1, 0.15) is 11.3 Å². The first-order valence-electron chi connectivity index (χ1n) is 9.19. The quantitative estimate of drug-likeness (QED) is 0.523. The standard InChI is InChI=1S/C23H19NO5S/c1-27-17-10-8-15(9-11-17)20-21(30-14-19-7-4-12-29-19)23(26)24(22(20)25)16-5-3-6-18(13-16)28-2/h3-13H,14H2,1-2H3. The third-order valence-electron chi connectivity index (χ3n) is 4.67. The first-order valence-corrected chi connectivity index (χ1v) is 10.2. The maximum atomic E-state index is 13.4. The minimum atomic E-state index is -0.375. The number of rotatable bonds is 7. The molecule has 0 atom stereocenters. The Kier molecular flexibility index (Phi) is 5.63. The molecule has 2 aromatic carbocycles. The lowest BCUT2D eigenvalue weighted by molar-refractivity contribution is -0.119. The van der Waals surface area contributed by atoms with Crippen molar-refractivity contribution in [3.63, 3.8) is 0 Å². The molecule has 0 bridgehead atoms.